The maximum absolute atomic E-state index is 13.1. The second-order valence-electron chi connectivity index (χ2n) is 11.6. The van der Waals surface area contributed by atoms with Gasteiger partial charge in [0.2, 0.25) is 23.6 Å². The van der Waals surface area contributed by atoms with Crippen molar-refractivity contribution < 1.29 is 19.1 Å². The number of ether oxygens (including phenoxy) is 2. The summed E-state index contributed by atoms with van der Waals surface area (Å²) in [6.07, 6.45) is 11.4. The van der Waals surface area contributed by atoms with Gasteiger partial charge in [-0.2, -0.15) is 4.98 Å². The van der Waals surface area contributed by atoms with E-state index in [1.807, 2.05) is 11.9 Å². The number of methoxy groups -OCH3 is 2. The molecule has 2 amide bonds. The minimum Gasteiger partial charge on any atom is -0.481 e. The summed E-state index contributed by atoms with van der Waals surface area (Å²) in [4.78, 5) is 31.7. The second-order valence-corrected chi connectivity index (χ2v) is 11.6. The molecule has 7 atom stereocenters. The van der Waals surface area contributed by atoms with Crippen LogP contribution in [0.2, 0.25) is 0 Å². The number of fused-ring (bicyclic) bond motifs is 5. The number of amides is 2. The van der Waals surface area contributed by atoms with Crippen LogP contribution < -0.4 is 14.8 Å². The standard InChI is InChI=1S/C28H39N3O4/c1-27-14-12-20-18(7-10-22-28(20,2)15-13-25(33)31(22)3)19(27)8-6-17(27)16-23(32)29-21-9-11-24(34-4)30-26(21)35-5/h9,11,13,15,17-20,22H,6-8,10,12,14,16H2,1-5H3,(H,29,32)/t17-,18+,19+,20+,22-,27-,28-/m1/s1. The summed E-state index contributed by atoms with van der Waals surface area (Å²) in [5, 5.41) is 3.03. The van der Waals surface area contributed by atoms with Crippen LogP contribution in [0, 0.1) is 34.5 Å². The normalized spacial score (nSPS) is 37.8. The van der Waals surface area contributed by atoms with Gasteiger partial charge in [0.1, 0.15) is 5.69 Å². The predicted octanol–water partition coefficient (Wildman–Crippen LogP) is 4.68. The molecule has 0 spiro atoms. The average Bonchev–Trinajstić information content (AvgIpc) is 3.18. The quantitative estimate of drug-likeness (QED) is 0.660. The number of nitrogens with zero attached hydrogens (tertiary/aromatic N) is 2. The molecule has 0 radical (unpaired) electrons. The third-order valence-corrected chi connectivity index (χ3v) is 10.3. The van der Waals surface area contributed by atoms with E-state index in [1.165, 1.54) is 19.3 Å². The maximum Gasteiger partial charge on any atom is 0.246 e. The van der Waals surface area contributed by atoms with E-state index in [9.17, 15) is 9.59 Å². The van der Waals surface area contributed by atoms with E-state index in [-0.39, 0.29) is 22.6 Å². The minimum absolute atomic E-state index is 0.0234. The van der Waals surface area contributed by atoms with Gasteiger partial charge in [-0.15, -0.1) is 0 Å². The Balaban J connectivity index is 1.30. The molecule has 2 heterocycles. The number of anilines is 1. The molecule has 1 aromatic rings. The molecule has 5 rings (SSSR count). The number of pyridine rings is 1. The van der Waals surface area contributed by atoms with Crippen molar-refractivity contribution in [2.24, 2.45) is 34.5 Å². The number of likely N-dealkylation sites (N-methyl/N-ethyl adjacent to an activating group) is 1. The Morgan fingerprint density at radius 2 is 1.91 bits per heavy atom. The van der Waals surface area contributed by atoms with Crippen LogP contribution in [0.3, 0.4) is 0 Å². The summed E-state index contributed by atoms with van der Waals surface area (Å²) in [5.74, 6) is 3.27. The highest BCUT2D eigenvalue weighted by Gasteiger charge is 2.60. The van der Waals surface area contributed by atoms with Crippen molar-refractivity contribution in [1.29, 1.82) is 0 Å². The first-order valence-corrected chi connectivity index (χ1v) is 13.1. The van der Waals surface area contributed by atoms with Crippen LogP contribution in [0.15, 0.2) is 24.3 Å². The lowest BCUT2D eigenvalue weighted by Crippen LogP contribution is -2.59. The monoisotopic (exact) mass is 481 g/mol. The molecule has 7 nitrogen and oxygen atoms in total. The zero-order valence-electron chi connectivity index (χ0n) is 21.7. The van der Waals surface area contributed by atoms with E-state index >= 15 is 0 Å². The second kappa shape index (κ2) is 8.82. The third-order valence-electron chi connectivity index (χ3n) is 10.3. The van der Waals surface area contributed by atoms with Gasteiger partial charge in [-0.1, -0.05) is 19.9 Å². The number of aromatic nitrogens is 1. The van der Waals surface area contributed by atoms with Gasteiger partial charge in [0.25, 0.3) is 0 Å². The number of nitrogens with one attached hydrogen (secondary N) is 1. The first-order valence-electron chi connectivity index (χ1n) is 13.1. The smallest absolute Gasteiger partial charge is 0.246 e. The fourth-order valence-corrected chi connectivity index (χ4v) is 8.40. The summed E-state index contributed by atoms with van der Waals surface area (Å²) >= 11 is 0. The highest BCUT2D eigenvalue weighted by atomic mass is 16.5. The van der Waals surface area contributed by atoms with Crippen LogP contribution >= 0.6 is 0 Å². The largest absolute Gasteiger partial charge is 0.481 e. The average molecular weight is 482 g/mol. The molecular weight excluding hydrogens is 442 g/mol. The molecule has 7 heteroatoms. The molecular formula is C28H39N3O4. The van der Waals surface area contributed by atoms with Crippen LogP contribution in [0.5, 0.6) is 11.8 Å². The molecule has 1 aromatic heterocycles. The van der Waals surface area contributed by atoms with E-state index in [0.29, 0.717) is 53.6 Å². The van der Waals surface area contributed by atoms with Crippen molar-refractivity contribution in [3.63, 3.8) is 0 Å². The molecule has 35 heavy (non-hydrogen) atoms. The topological polar surface area (TPSA) is 80.8 Å². The number of hydrogen-bond donors (Lipinski definition) is 1. The van der Waals surface area contributed by atoms with Crippen LogP contribution in [0.1, 0.15) is 58.8 Å². The van der Waals surface area contributed by atoms with E-state index in [0.717, 1.165) is 19.3 Å². The Morgan fingerprint density at radius 1 is 1.11 bits per heavy atom. The van der Waals surface area contributed by atoms with Crippen molar-refractivity contribution >= 4 is 17.5 Å². The fourth-order valence-electron chi connectivity index (χ4n) is 8.40. The van der Waals surface area contributed by atoms with E-state index < -0.39 is 0 Å². The maximum atomic E-state index is 13.1. The van der Waals surface area contributed by atoms with E-state index in [1.54, 1.807) is 32.4 Å². The number of rotatable bonds is 5. The van der Waals surface area contributed by atoms with Gasteiger partial charge < -0.3 is 19.7 Å². The van der Waals surface area contributed by atoms with Crippen LogP contribution in [0.4, 0.5) is 5.69 Å². The number of carbonyl (C=O) groups excluding carboxylic acids is 2. The summed E-state index contributed by atoms with van der Waals surface area (Å²) in [6, 6.07) is 3.82. The molecule has 4 aliphatic rings. The number of hydrogen-bond acceptors (Lipinski definition) is 5. The Bertz CT molecular complexity index is 1040. The summed E-state index contributed by atoms with van der Waals surface area (Å²) in [7, 11) is 5.07. The molecule has 190 valence electrons. The van der Waals surface area contributed by atoms with E-state index in [4.69, 9.17) is 9.47 Å². The zero-order chi connectivity index (χ0) is 25.0. The predicted molar refractivity (Wildman–Crippen MR) is 134 cm³/mol. The van der Waals surface area contributed by atoms with E-state index in [2.05, 4.69) is 30.2 Å². The molecule has 3 fully saturated rings. The minimum atomic E-state index is 0.0234. The lowest BCUT2D eigenvalue weighted by molar-refractivity contribution is -0.139. The molecule has 1 N–H and O–H groups in total. The van der Waals surface area contributed by atoms with Gasteiger partial charge in [-0.3, -0.25) is 9.59 Å². The lowest BCUT2D eigenvalue weighted by Gasteiger charge is -2.60. The molecule has 3 saturated carbocycles. The molecule has 0 saturated heterocycles. The van der Waals surface area contributed by atoms with Crippen molar-refractivity contribution in [1.82, 2.24) is 9.88 Å². The Kier molecular flexibility index (Phi) is 6.09. The van der Waals surface area contributed by atoms with Crippen molar-refractivity contribution in [2.75, 3.05) is 26.6 Å². The van der Waals surface area contributed by atoms with Gasteiger partial charge in [0.15, 0.2) is 0 Å². The third kappa shape index (κ3) is 3.82. The lowest BCUT2D eigenvalue weighted by atomic mass is 9.47. The van der Waals surface area contributed by atoms with Gasteiger partial charge in [0.05, 0.1) is 14.2 Å². The van der Waals surface area contributed by atoms with Crippen LogP contribution in [0.25, 0.3) is 0 Å². The van der Waals surface area contributed by atoms with Crippen LogP contribution in [-0.4, -0.2) is 49.0 Å². The fraction of sp³-hybridized carbons (Fsp3) is 0.679. The van der Waals surface area contributed by atoms with Crippen LogP contribution in [-0.2, 0) is 9.59 Å². The summed E-state index contributed by atoms with van der Waals surface area (Å²) < 4.78 is 10.5. The van der Waals surface area contributed by atoms with Gasteiger partial charge in [-0.25, -0.2) is 0 Å². The Morgan fingerprint density at radius 3 is 2.66 bits per heavy atom. The molecule has 1 aliphatic heterocycles. The highest BCUT2D eigenvalue weighted by Crippen LogP contribution is 2.66. The van der Waals surface area contributed by atoms with Crippen molar-refractivity contribution in [3.8, 4) is 11.8 Å². The zero-order valence-corrected chi connectivity index (χ0v) is 21.7. The van der Waals surface area contributed by atoms with Crippen molar-refractivity contribution in [3.05, 3.63) is 24.3 Å². The molecule has 3 aliphatic carbocycles. The SMILES string of the molecule is COc1ccc(NC(=O)C[C@H]2CC[C@H]3[C@@H]4CC[C@H]5N(C)C(=O)C=C[C@]5(C)[C@H]4CC[C@]23C)c(OC)n1. The van der Waals surface area contributed by atoms with Gasteiger partial charge in [0, 0.05) is 31.0 Å². The molecule has 0 bridgehead atoms. The Hall–Kier alpha value is -2.57. The summed E-state index contributed by atoms with van der Waals surface area (Å²) in [5.41, 5.74) is 0.820. The highest BCUT2D eigenvalue weighted by molar-refractivity contribution is 5.92. The molecule has 0 aromatic carbocycles. The Labute approximate surface area is 208 Å². The summed E-state index contributed by atoms with van der Waals surface area (Å²) in [6.45, 7) is 4.82. The first kappa shape index (κ1) is 24.1. The number of carbonyl (C=O) groups is 2. The van der Waals surface area contributed by atoms with Gasteiger partial charge in [-0.05, 0) is 79.8 Å². The molecule has 0 unspecified atom stereocenters. The van der Waals surface area contributed by atoms with Gasteiger partial charge >= 0.3 is 0 Å². The first-order chi connectivity index (χ1) is 16.7. The van der Waals surface area contributed by atoms with Crippen molar-refractivity contribution in [2.45, 2.75) is 64.8 Å².